The van der Waals surface area contributed by atoms with Crippen LogP contribution in [0.4, 0.5) is 10.3 Å². The highest BCUT2D eigenvalue weighted by molar-refractivity contribution is 9.10. The lowest BCUT2D eigenvalue weighted by atomic mass is 9.72. The van der Waals surface area contributed by atoms with Crippen LogP contribution in [0.1, 0.15) is 47.1 Å². The summed E-state index contributed by atoms with van der Waals surface area (Å²) in [5.74, 6) is -0.125. The predicted molar refractivity (Wildman–Crippen MR) is 113 cm³/mol. The number of fused-ring (bicyclic) bond motifs is 1. The number of carbonyl (C=O) groups excluding carboxylic acids is 1. The number of hydrogen-bond donors (Lipinski definition) is 2. The molecule has 0 radical (unpaired) electrons. The Morgan fingerprint density at radius 2 is 1.90 bits per heavy atom. The van der Waals surface area contributed by atoms with Crippen LogP contribution in [0.15, 0.2) is 62.7 Å². The number of hydrogen-bond acceptors (Lipinski definition) is 5. The Morgan fingerprint density at radius 1 is 1.17 bits per heavy atom. The van der Waals surface area contributed by atoms with Crippen LogP contribution in [-0.4, -0.2) is 16.0 Å². The third-order valence-corrected chi connectivity index (χ3v) is 6.54. The monoisotopic (exact) mass is 468 g/mol. The highest BCUT2D eigenvalue weighted by atomic mass is 79.9. The summed E-state index contributed by atoms with van der Waals surface area (Å²) in [6, 6.07) is 11.9. The molecule has 0 unspecified atom stereocenters. The minimum Gasteiger partial charge on any atom is -0.508 e. The fraction of sp³-hybridized carbons (Fsp3) is 0.217. The molecule has 152 valence electrons. The molecule has 5 rings (SSSR count). The molecule has 2 heterocycles. The van der Waals surface area contributed by atoms with E-state index in [-0.39, 0.29) is 23.3 Å². The van der Waals surface area contributed by atoms with Crippen LogP contribution in [0.25, 0.3) is 0 Å². The Labute approximate surface area is 180 Å². The zero-order chi connectivity index (χ0) is 21.0. The molecule has 3 aromatic rings. The first-order valence-electron chi connectivity index (χ1n) is 9.65. The van der Waals surface area contributed by atoms with Gasteiger partial charge in [0.05, 0.1) is 15.7 Å². The lowest BCUT2D eigenvalue weighted by molar-refractivity contribution is -0.116. The maximum absolute atomic E-state index is 14.4. The second kappa shape index (κ2) is 7.09. The van der Waals surface area contributed by atoms with Gasteiger partial charge in [0.2, 0.25) is 5.88 Å². The van der Waals surface area contributed by atoms with E-state index < -0.39 is 5.92 Å². The number of halogens is 2. The number of Topliss-reactive ketones (excluding diaryl/α,β-unsaturated/α-hetero) is 1. The second-order valence-corrected chi connectivity index (χ2v) is 8.61. The zero-order valence-corrected chi connectivity index (χ0v) is 17.7. The minimum absolute atomic E-state index is 0.0152. The molecule has 7 heteroatoms. The number of benzene rings is 2. The van der Waals surface area contributed by atoms with Crippen molar-refractivity contribution in [2.75, 3.05) is 5.32 Å². The van der Waals surface area contributed by atoms with Gasteiger partial charge in [0, 0.05) is 23.6 Å². The van der Waals surface area contributed by atoms with Gasteiger partial charge in [-0.15, -0.1) is 0 Å². The Hall–Kier alpha value is -2.93. The van der Waals surface area contributed by atoms with Gasteiger partial charge in [-0.25, -0.2) is 4.39 Å². The molecule has 0 saturated heterocycles. The minimum atomic E-state index is -0.432. The van der Waals surface area contributed by atoms with Crippen LogP contribution in [0.5, 0.6) is 5.75 Å². The first kappa shape index (κ1) is 19.1. The molecule has 5 nitrogen and oxygen atoms in total. The number of rotatable bonds is 2. The molecule has 30 heavy (non-hydrogen) atoms. The van der Waals surface area contributed by atoms with E-state index in [4.69, 9.17) is 4.52 Å². The van der Waals surface area contributed by atoms with E-state index in [1.54, 1.807) is 18.2 Å². The van der Waals surface area contributed by atoms with E-state index in [0.717, 1.165) is 16.8 Å². The Bertz CT molecular complexity index is 1200. The summed E-state index contributed by atoms with van der Waals surface area (Å²) in [6.45, 7) is 1.82. The Kier molecular flexibility index (Phi) is 4.50. The third kappa shape index (κ3) is 3.04. The summed E-state index contributed by atoms with van der Waals surface area (Å²) in [5.41, 5.74) is 4.54. The number of carbonyl (C=O) groups is 1. The molecule has 0 fully saturated rings. The van der Waals surface area contributed by atoms with Gasteiger partial charge in [-0.3, -0.25) is 4.79 Å². The number of nitrogens with one attached hydrogen (secondary N) is 1. The van der Waals surface area contributed by atoms with Gasteiger partial charge in [0.15, 0.2) is 5.78 Å². The molecule has 2 atom stereocenters. The summed E-state index contributed by atoms with van der Waals surface area (Å²) >= 11 is 3.20. The van der Waals surface area contributed by atoms with Gasteiger partial charge < -0.3 is 14.9 Å². The maximum atomic E-state index is 14.4. The van der Waals surface area contributed by atoms with Gasteiger partial charge in [0.1, 0.15) is 11.6 Å². The van der Waals surface area contributed by atoms with Gasteiger partial charge >= 0.3 is 0 Å². The summed E-state index contributed by atoms with van der Waals surface area (Å²) < 4.78 is 20.2. The highest BCUT2D eigenvalue weighted by Gasteiger charge is 2.41. The highest BCUT2D eigenvalue weighted by Crippen LogP contribution is 2.49. The molecular formula is C23H18BrFN2O3. The van der Waals surface area contributed by atoms with Crippen LogP contribution in [0.2, 0.25) is 0 Å². The number of aryl methyl sites for hydroxylation is 1. The number of aromatic hydroxyl groups is 1. The normalized spacial score (nSPS) is 20.6. The van der Waals surface area contributed by atoms with Crippen molar-refractivity contribution in [3.63, 3.8) is 0 Å². The topological polar surface area (TPSA) is 75.4 Å². The van der Waals surface area contributed by atoms with Crippen LogP contribution >= 0.6 is 15.9 Å². The van der Waals surface area contributed by atoms with E-state index in [1.165, 1.54) is 6.07 Å². The molecule has 1 aliphatic heterocycles. The summed E-state index contributed by atoms with van der Waals surface area (Å²) in [7, 11) is 0. The van der Waals surface area contributed by atoms with Gasteiger partial charge in [0.25, 0.3) is 0 Å². The smallest absolute Gasteiger partial charge is 0.233 e. The molecule has 0 spiro atoms. The number of nitrogens with zero attached hydrogens (tertiary/aromatic N) is 1. The van der Waals surface area contributed by atoms with Crippen LogP contribution in [0, 0.1) is 12.7 Å². The lowest BCUT2D eigenvalue weighted by Gasteiger charge is -2.34. The van der Waals surface area contributed by atoms with Crippen molar-refractivity contribution in [1.82, 2.24) is 5.16 Å². The van der Waals surface area contributed by atoms with E-state index in [0.29, 0.717) is 40.0 Å². The molecule has 0 bridgehead atoms. The number of phenols is 1. The SMILES string of the molecule is Cc1noc2c1[C@H](c1ccc(Br)c(F)c1)C1=C(C[C@H](c3ccc(O)cc3)CC1=O)N2. The maximum Gasteiger partial charge on any atom is 0.233 e. The van der Waals surface area contributed by atoms with Gasteiger partial charge in [-0.05, 0) is 70.6 Å². The molecule has 1 aliphatic carbocycles. The second-order valence-electron chi connectivity index (χ2n) is 7.75. The van der Waals surface area contributed by atoms with Crippen molar-refractivity contribution < 1.29 is 18.8 Å². The number of phenolic OH excluding ortho intramolecular Hbond substituents is 1. The van der Waals surface area contributed by atoms with E-state index >= 15 is 0 Å². The van der Waals surface area contributed by atoms with Crippen LogP contribution in [-0.2, 0) is 4.79 Å². The van der Waals surface area contributed by atoms with Crippen molar-refractivity contribution in [2.24, 2.45) is 0 Å². The summed E-state index contributed by atoms with van der Waals surface area (Å²) in [5, 5.41) is 16.9. The largest absolute Gasteiger partial charge is 0.508 e. The molecule has 2 N–H and O–H groups in total. The van der Waals surface area contributed by atoms with Crippen molar-refractivity contribution in [1.29, 1.82) is 0 Å². The fourth-order valence-electron chi connectivity index (χ4n) is 4.48. The quantitative estimate of drug-likeness (QED) is 0.515. The number of aromatic nitrogens is 1. The molecule has 2 aromatic carbocycles. The fourth-order valence-corrected chi connectivity index (χ4v) is 4.73. The van der Waals surface area contributed by atoms with E-state index in [1.807, 2.05) is 25.1 Å². The summed E-state index contributed by atoms with van der Waals surface area (Å²) in [6.07, 6.45) is 0.959. The lowest BCUT2D eigenvalue weighted by Crippen LogP contribution is -2.29. The summed E-state index contributed by atoms with van der Waals surface area (Å²) in [4.78, 5) is 13.4. The molecular weight excluding hydrogens is 451 g/mol. The van der Waals surface area contributed by atoms with Gasteiger partial charge in [-0.1, -0.05) is 23.4 Å². The predicted octanol–water partition coefficient (Wildman–Crippen LogP) is 5.55. The Morgan fingerprint density at radius 3 is 2.63 bits per heavy atom. The number of allylic oxidation sites excluding steroid dienone is 2. The number of anilines is 1. The standard InChI is InChI=1S/C23H18BrFN2O3/c1-11-20-21(13-4-7-16(24)17(25)8-13)22-18(26-23(20)30-27-11)9-14(10-19(22)29)12-2-5-15(28)6-3-12/h2-8,14,21,26,28H,9-10H2,1H3/t14-,21-/m0/s1. The molecule has 2 aliphatic rings. The van der Waals surface area contributed by atoms with Crippen molar-refractivity contribution >= 4 is 27.6 Å². The van der Waals surface area contributed by atoms with Crippen LogP contribution in [0.3, 0.4) is 0 Å². The molecule has 0 saturated carbocycles. The average molecular weight is 469 g/mol. The van der Waals surface area contributed by atoms with E-state index in [9.17, 15) is 14.3 Å². The zero-order valence-electron chi connectivity index (χ0n) is 16.1. The molecule has 0 amide bonds. The molecule has 1 aromatic heterocycles. The Balaban J connectivity index is 1.62. The van der Waals surface area contributed by atoms with Crippen molar-refractivity contribution in [3.05, 3.63) is 86.4 Å². The number of ketones is 1. The van der Waals surface area contributed by atoms with Crippen LogP contribution < -0.4 is 5.32 Å². The van der Waals surface area contributed by atoms with E-state index in [2.05, 4.69) is 26.4 Å². The van der Waals surface area contributed by atoms with Crippen molar-refractivity contribution in [2.45, 2.75) is 31.6 Å². The van der Waals surface area contributed by atoms with Crippen molar-refractivity contribution in [3.8, 4) is 5.75 Å². The third-order valence-electron chi connectivity index (χ3n) is 5.90. The van der Waals surface area contributed by atoms with Gasteiger partial charge in [-0.2, -0.15) is 0 Å². The average Bonchev–Trinajstić information content (AvgIpc) is 3.09. The first-order chi connectivity index (χ1) is 14.4. The first-order valence-corrected chi connectivity index (χ1v) is 10.4.